The summed E-state index contributed by atoms with van der Waals surface area (Å²) in [5.41, 5.74) is 0.524. The van der Waals surface area contributed by atoms with Gasteiger partial charge in [-0.1, -0.05) is 0 Å². The summed E-state index contributed by atoms with van der Waals surface area (Å²) in [6, 6.07) is 5.38. The van der Waals surface area contributed by atoms with Gasteiger partial charge < -0.3 is 10.2 Å². The van der Waals surface area contributed by atoms with Crippen molar-refractivity contribution in [3.05, 3.63) is 40.3 Å². The van der Waals surface area contributed by atoms with E-state index in [1.807, 2.05) is 26.0 Å². The first-order chi connectivity index (χ1) is 12.5. The summed E-state index contributed by atoms with van der Waals surface area (Å²) in [6.07, 6.45) is 3.62. The number of hydrogen-bond donors (Lipinski definition) is 2. The van der Waals surface area contributed by atoms with Crippen LogP contribution in [0.15, 0.2) is 29.2 Å². The van der Waals surface area contributed by atoms with Crippen LogP contribution in [-0.4, -0.2) is 41.1 Å². The smallest absolute Gasteiger partial charge is 0.265 e. The maximum absolute atomic E-state index is 12.7. The van der Waals surface area contributed by atoms with E-state index in [2.05, 4.69) is 24.1 Å². The summed E-state index contributed by atoms with van der Waals surface area (Å²) >= 11 is 0. The van der Waals surface area contributed by atoms with Gasteiger partial charge in [-0.05, 0) is 58.7 Å². The molecule has 2 aromatic rings. The van der Waals surface area contributed by atoms with Gasteiger partial charge in [0, 0.05) is 24.2 Å². The molecule has 0 fully saturated rings. The van der Waals surface area contributed by atoms with Crippen molar-refractivity contribution >= 4 is 16.9 Å². The zero-order valence-corrected chi connectivity index (χ0v) is 16.3. The van der Waals surface area contributed by atoms with Gasteiger partial charge in [-0.3, -0.25) is 14.2 Å². The second-order valence-electron chi connectivity index (χ2n) is 6.75. The van der Waals surface area contributed by atoms with E-state index in [-0.39, 0.29) is 23.1 Å². The Bertz CT molecular complexity index is 796. The normalized spacial score (nSPS) is 12.5. The number of fused-ring (bicyclic) bond motifs is 1. The van der Waals surface area contributed by atoms with Gasteiger partial charge in [0.1, 0.15) is 11.2 Å². The van der Waals surface area contributed by atoms with Crippen molar-refractivity contribution in [2.45, 2.75) is 53.1 Å². The van der Waals surface area contributed by atoms with Gasteiger partial charge in [0.05, 0.1) is 19.6 Å². The van der Waals surface area contributed by atoms with Crippen LogP contribution in [0.25, 0.3) is 11.0 Å². The first kappa shape index (κ1) is 20.1. The molecule has 1 atom stereocenters. The Morgan fingerprint density at radius 3 is 2.69 bits per heavy atom. The summed E-state index contributed by atoms with van der Waals surface area (Å²) in [7, 11) is 0. The molecule has 0 aliphatic carbocycles. The Balaban J connectivity index is 2.10. The van der Waals surface area contributed by atoms with Gasteiger partial charge in [-0.15, -0.1) is 0 Å². The first-order valence-corrected chi connectivity index (χ1v) is 9.64. The third-order valence-electron chi connectivity index (χ3n) is 4.95. The quantitative estimate of drug-likeness (QED) is 0.708. The Morgan fingerprint density at radius 2 is 2.04 bits per heavy atom. The molecule has 6 nitrogen and oxygen atoms in total. The number of nitrogens with zero attached hydrogens (tertiary/aromatic N) is 2. The Hall–Kier alpha value is -2.21. The number of nitrogens with one attached hydrogen (secondary N) is 2. The lowest BCUT2D eigenvalue weighted by Gasteiger charge is -2.18. The fourth-order valence-electron chi connectivity index (χ4n) is 3.30. The molecule has 0 aliphatic heterocycles. The standard InChI is InChI=1S/C20H30N4O2/c1-5-23(6-2)13-9-10-15(4)22-19(25)17-14-16-11-8-12-21-18(16)24(7-3)20(17)26/h8,11-12,14-15H,5-7,9-10,13H2,1-4H3,(H,22,25)/p+1/t15-/m1/s1. The van der Waals surface area contributed by atoms with Crippen LogP contribution in [-0.2, 0) is 6.54 Å². The van der Waals surface area contributed by atoms with Crippen molar-refractivity contribution in [3.63, 3.8) is 0 Å². The van der Waals surface area contributed by atoms with Crippen LogP contribution in [0, 0.1) is 0 Å². The van der Waals surface area contributed by atoms with E-state index in [9.17, 15) is 9.59 Å². The van der Waals surface area contributed by atoms with Gasteiger partial charge in [0.2, 0.25) is 0 Å². The minimum Gasteiger partial charge on any atom is -0.349 e. The zero-order valence-electron chi connectivity index (χ0n) is 16.3. The van der Waals surface area contributed by atoms with Gasteiger partial charge in [-0.2, -0.15) is 0 Å². The Kier molecular flexibility index (Phi) is 7.33. The van der Waals surface area contributed by atoms with Gasteiger partial charge in [0.25, 0.3) is 11.5 Å². The predicted octanol–water partition coefficient (Wildman–Crippen LogP) is 1.24. The van der Waals surface area contributed by atoms with Crippen molar-refractivity contribution in [3.8, 4) is 0 Å². The molecule has 0 aliphatic rings. The highest BCUT2D eigenvalue weighted by Crippen LogP contribution is 2.11. The van der Waals surface area contributed by atoms with Crippen molar-refractivity contribution in [2.75, 3.05) is 19.6 Å². The van der Waals surface area contributed by atoms with E-state index in [1.165, 1.54) is 0 Å². The van der Waals surface area contributed by atoms with E-state index < -0.39 is 0 Å². The van der Waals surface area contributed by atoms with Crippen LogP contribution in [0.4, 0.5) is 0 Å². The number of aromatic nitrogens is 2. The molecule has 0 spiro atoms. The van der Waals surface area contributed by atoms with Crippen molar-refractivity contribution in [2.24, 2.45) is 0 Å². The molecular weight excluding hydrogens is 328 g/mol. The SMILES string of the molecule is CCn1c(=O)c(C(=O)N[C@H](C)CCC[NH+](CC)CC)cc2cccnc21. The molecule has 6 heteroatoms. The van der Waals surface area contributed by atoms with E-state index >= 15 is 0 Å². The van der Waals surface area contributed by atoms with E-state index in [0.29, 0.717) is 12.2 Å². The molecule has 2 N–H and O–H groups in total. The molecule has 2 heterocycles. The van der Waals surface area contributed by atoms with Crippen molar-refractivity contribution in [1.29, 1.82) is 0 Å². The largest absolute Gasteiger partial charge is 0.349 e. The van der Waals surface area contributed by atoms with Crippen molar-refractivity contribution < 1.29 is 9.69 Å². The number of pyridine rings is 2. The van der Waals surface area contributed by atoms with Crippen LogP contribution < -0.4 is 15.8 Å². The van der Waals surface area contributed by atoms with Gasteiger partial charge in [-0.25, -0.2) is 4.98 Å². The molecule has 0 aromatic carbocycles. The summed E-state index contributed by atoms with van der Waals surface area (Å²) in [6.45, 7) is 12.1. The zero-order chi connectivity index (χ0) is 19.1. The predicted molar refractivity (Wildman–Crippen MR) is 105 cm³/mol. The second-order valence-corrected chi connectivity index (χ2v) is 6.75. The molecular formula is C20H31N4O2+. The minimum atomic E-state index is -0.300. The maximum Gasteiger partial charge on any atom is 0.265 e. The van der Waals surface area contributed by atoms with Gasteiger partial charge in [0.15, 0.2) is 0 Å². The van der Waals surface area contributed by atoms with E-state index in [1.54, 1.807) is 21.7 Å². The Labute approximate surface area is 155 Å². The second kappa shape index (κ2) is 9.48. The molecule has 0 saturated heterocycles. The Morgan fingerprint density at radius 1 is 1.31 bits per heavy atom. The van der Waals surface area contributed by atoms with E-state index in [0.717, 1.165) is 37.9 Å². The monoisotopic (exact) mass is 359 g/mol. The number of quaternary nitrogens is 1. The summed E-state index contributed by atoms with van der Waals surface area (Å²) in [5.74, 6) is -0.300. The average Bonchev–Trinajstić information content (AvgIpc) is 2.64. The number of aryl methyl sites for hydroxylation is 1. The molecule has 142 valence electrons. The summed E-state index contributed by atoms with van der Waals surface area (Å²) < 4.78 is 1.55. The van der Waals surface area contributed by atoms with Crippen LogP contribution in [0.3, 0.4) is 0 Å². The maximum atomic E-state index is 12.7. The average molecular weight is 359 g/mol. The number of carbonyl (C=O) groups is 1. The highest BCUT2D eigenvalue weighted by molar-refractivity contribution is 5.97. The number of rotatable bonds is 9. The van der Waals surface area contributed by atoms with Crippen LogP contribution in [0.5, 0.6) is 0 Å². The first-order valence-electron chi connectivity index (χ1n) is 9.64. The lowest BCUT2D eigenvalue weighted by Crippen LogP contribution is -3.11. The van der Waals surface area contributed by atoms with Crippen LogP contribution in [0.1, 0.15) is 50.9 Å². The molecule has 0 bridgehead atoms. The molecule has 0 radical (unpaired) electrons. The fourth-order valence-corrected chi connectivity index (χ4v) is 3.30. The van der Waals surface area contributed by atoms with Crippen molar-refractivity contribution in [1.82, 2.24) is 14.9 Å². The molecule has 2 rings (SSSR count). The minimum absolute atomic E-state index is 0.0385. The van der Waals surface area contributed by atoms with Crippen LogP contribution >= 0.6 is 0 Å². The molecule has 2 aromatic heterocycles. The lowest BCUT2D eigenvalue weighted by atomic mass is 10.1. The molecule has 26 heavy (non-hydrogen) atoms. The third kappa shape index (κ3) is 4.69. The van der Waals surface area contributed by atoms with E-state index in [4.69, 9.17) is 0 Å². The number of amides is 1. The summed E-state index contributed by atoms with van der Waals surface area (Å²) in [4.78, 5) is 31.2. The number of carbonyl (C=O) groups excluding carboxylic acids is 1. The fraction of sp³-hybridized carbons (Fsp3) is 0.550. The highest BCUT2D eigenvalue weighted by Gasteiger charge is 2.17. The molecule has 0 unspecified atom stereocenters. The molecule has 1 amide bonds. The highest BCUT2D eigenvalue weighted by atomic mass is 16.2. The van der Waals surface area contributed by atoms with Crippen LogP contribution in [0.2, 0.25) is 0 Å². The molecule has 0 saturated carbocycles. The van der Waals surface area contributed by atoms with Gasteiger partial charge >= 0.3 is 0 Å². The topological polar surface area (TPSA) is 68.4 Å². The third-order valence-corrected chi connectivity index (χ3v) is 4.95. The summed E-state index contributed by atoms with van der Waals surface area (Å²) in [5, 5.41) is 3.78. The lowest BCUT2D eigenvalue weighted by molar-refractivity contribution is -0.896. The number of hydrogen-bond acceptors (Lipinski definition) is 3.